The first-order valence-corrected chi connectivity index (χ1v) is 6.97. The zero-order chi connectivity index (χ0) is 15.2. The molecule has 0 saturated heterocycles. The lowest BCUT2D eigenvalue weighted by Crippen LogP contribution is -2.31. The number of halogens is 4. The van der Waals surface area contributed by atoms with Gasteiger partial charge in [0.1, 0.15) is 5.75 Å². The molecule has 1 unspecified atom stereocenters. The summed E-state index contributed by atoms with van der Waals surface area (Å²) in [6.45, 7) is 4.80. The van der Waals surface area contributed by atoms with Gasteiger partial charge in [0.15, 0.2) is 0 Å². The van der Waals surface area contributed by atoms with Crippen molar-refractivity contribution in [2.24, 2.45) is 5.92 Å². The molecule has 0 fully saturated rings. The van der Waals surface area contributed by atoms with Crippen molar-refractivity contribution in [3.05, 3.63) is 29.8 Å². The van der Waals surface area contributed by atoms with Crippen molar-refractivity contribution in [2.45, 2.75) is 39.2 Å². The van der Waals surface area contributed by atoms with Gasteiger partial charge in [-0.3, -0.25) is 0 Å². The molecule has 0 saturated carbocycles. The topological polar surface area (TPSA) is 21.3 Å². The molecule has 1 aromatic rings. The highest BCUT2D eigenvalue weighted by molar-refractivity contribution is 6.18. The molecule has 1 N–H and O–H groups in total. The first-order valence-electron chi connectivity index (χ1n) is 6.44. The minimum Gasteiger partial charge on any atom is -0.406 e. The molecule has 20 heavy (non-hydrogen) atoms. The van der Waals surface area contributed by atoms with Gasteiger partial charge in [0.2, 0.25) is 0 Å². The van der Waals surface area contributed by atoms with Crippen molar-refractivity contribution < 1.29 is 17.9 Å². The zero-order valence-electron chi connectivity index (χ0n) is 11.5. The second-order valence-corrected chi connectivity index (χ2v) is 5.36. The zero-order valence-corrected chi connectivity index (χ0v) is 12.3. The smallest absolute Gasteiger partial charge is 0.406 e. The van der Waals surface area contributed by atoms with Crippen LogP contribution in [0.4, 0.5) is 13.2 Å². The number of rotatable bonds is 7. The number of alkyl halides is 4. The van der Waals surface area contributed by atoms with E-state index in [0.29, 0.717) is 18.3 Å². The predicted octanol–water partition coefficient (Wildman–Crippen LogP) is 4.33. The number of ether oxygens (including phenoxy) is 1. The fourth-order valence-corrected chi connectivity index (χ4v) is 2.08. The lowest BCUT2D eigenvalue weighted by atomic mass is 10.0. The van der Waals surface area contributed by atoms with Crippen molar-refractivity contribution in [3.63, 3.8) is 0 Å². The second kappa shape index (κ2) is 7.74. The van der Waals surface area contributed by atoms with Gasteiger partial charge < -0.3 is 10.1 Å². The summed E-state index contributed by atoms with van der Waals surface area (Å²) in [5, 5.41) is 3.29. The van der Waals surface area contributed by atoms with Gasteiger partial charge in [-0.15, -0.1) is 24.8 Å². The molecule has 0 spiro atoms. The molecular formula is C14H19ClF3NO. The average molecular weight is 310 g/mol. The lowest BCUT2D eigenvalue weighted by molar-refractivity contribution is -0.274. The van der Waals surface area contributed by atoms with Crippen LogP contribution in [0.1, 0.15) is 25.8 Å². The van der Waals surface area contributed by atoms with Crippen LogP contribution in [-0.2, 0) is 6.54 Å². The van der Waals surface area contributed by atoms with E-state index in [1.165, 1.54) is 12.1 Å². The van der Waals surface area contributed by atoms with Crippen LogP contribution in [0.25, 0.3) is 0 Å². The minimum absolute atomic E-state index is 0.197. The molecule has 0 aliphatic carbocycles. The van der Waals surface area contributed by atoms with E-state index in [0.717, 1.165) is 12.0 Å². The lowest BCUT2D eigenvalue weighted by Gasteiger charge is -2.18. The molecular weight excluding hydrogens is 291 g/mol. The Bertz CT molecular complexity index is 392. The quantitative estimate of drug-likeness (QED) is 0.757. The summed E-state index contributed by atoms with van der Waals surface area (Å²) in [6.07, 6.45) is -3.69. The van der Waals surface area contributed by atoms with Crippen molar-refractivity contribution in [3.8, 4) is 5.75 Å². The van der Waals surface area contributed by atoms with Crippen LogP contribution in [0, 0.1) is 5.92 Å². The third-order valence-corrected chi connectivity index (χ3v) is 3.07. The molecule has 0 amide bonds. The van der Waals surface area contributed by atoms with Crippen LogP contribution in [0.3, 0.4) is 0 Å². The standard InChI is InChI=1S/C14H19ClF3NO/c1-10(2)7-12(8-15)19-9-11-3-5-13(6-4-11)20-14(16,17)18/h3-6,10,12,19H,7-9H2,1-2H3. The molecule has 1 atom stereocenters. The van der Waals surface area contributed by atoms with E-state index < -0.39 is 6.36 Å². The van der Waals surface area contributed by atoms with Gasteiger partial charge in [0.05, 0.1) is 0 Å². The normalized spacial score (nSPS) is 13.6. The summed E-state index contributed by atoms with van der Waals surface area (Å²) in [6, 6.07) is 6.03. The Morgan fingerprint density at radius 3 is 2.25 bits per heavy atom. The van der Waals surface area contributed by atoms with Gasteiger partial charge in [-0.2, -0.15) is 0 Å². The first kappa shape index (κ1) is 17.1. The molecule has 2 nitrogen and oxygen atoms in total. The summed E-state index contributed by atoms with van der Waals surface area (Å²) in [5.74, 6) is 0.833. The van der Waals surface area contributed by atoms with Crippen LogP contribution in [0.2, 0.25) is 0 Å². The van der Waals surface area contributed by atoms with Crippen molar-refractivity contribution in [1.82, 2.24) is 5.32 Å². The Hall–Kier alpha value is -0.940. The molecule has 6 heteroatoms. The third kappa shape index (κ3) is 7.01. The van der Waals surface area contributed by atoms with Crippen molar-refractivity contribution in [1.29, 1.82) is 0 Å². The van der Waals surface area contributed by atoms with E-state index in [9.17, 15) is 13.2 Å². The summed E-state index contributed by atoms with van der Waals surface area (Å²) < 4.78 is 39.9. The summed E-state index contributed by atoms with van der Waals surface area (Å²) in [4.78, 5) is 0. The van der Waals surface area contributed by atoms with Crippen LogP contribution >= 0.6 is 11.6 Å². The highest BCUT2D eigenvalue weighted by atomic mass is 35.5. The molecule has 1 rings (SSSR count). The van der Waals surface area contributed by atoms with E-state index >= 15 is 0 Å². The van der Waals surface area contributed by atoms with Gasteiger partial charge in [-0.1, -0.05) is 26.0 Å². The third-order valence-electron chi connectivity index (χ3n) is 2.69. The molecule has 0 aliphatic heterocycles. The number of nitrogens with one attached hydrogen (secondary N) is 1. The van der Waals surface area contributed by atoms with E-state index in [2.05, 4.69) is 23.9 Å². The van der Waals surface area contributed by atoms with Crippen LogP contribution in [0.5, 0.6) is 5.75 Å². The van der Waals surface area contributed by atoms with Crippen molar-refractivity contribution >= 4 is 11.6 Å². The highest BCUT2D eigenvalue weighted by Crippen LogP contribution is 2.22. The molecule has 0 aliphatic rings. The Balaban J connectivity index is 2.49. The molecule has 0 radical (unpaired) electrons. The van der Waals surface area contributed by atoms with Gasteiger partial charge >= 0.3 is 6.36 Å². The monoisotopic (exact) mass is 309 g/mol. The fourth-order valence-electron chi connectivity index (χ4n) is 1.84. The fraction of sp³-hybridized carbons (Fsp3) is 0.571. The minimum atomic E-state index is -4.65. The summed E-state index contributed by atoms with van der Waals surface area (Å²) >= 11 is 5.87. The van der Waals surface area contributed by atoms with Crippen LogP contribution in [0.15, 0.2) is 24.3 Å². The van der Waals surface area contributed by atoms with Crippen LogP contribution in [-0.4, -0.2) is 18.3 Å². The van der Waals surface area contributed by atoms with Gasteiger partial charge in [0, 0.05) is 18.5 Å². The maximum absolute atomic E-state index is 12.0. The first-order chi connectivity index (χ1) is 9.30. The van der Waals surface area contributed by atoms with Crippen molar-refractivity contribution in [2.75, 3.05) is 5.88 Å². The molecule has 0 aromatic heterocycles. The largest absolute Gasteiger partial charge is 0.573 e. The van der Waals surface area contributed by atoms with Gasteiger partial charge in [0.25, 0.3) is 0 Å². The molecule has 1 aromatic carbocycles. The maximum atomic E-state index is 12.0. The van der Waals surface area contributed by atoms with Gasteiger partial charge in [-0.05, 0) is 30.0 Å². The average Bonchev–Trinajstić information content (AvgIpc) is 2.34. The Kier molecular flexibility index (Phi) is 6.62. The van der Waals surface area contributed by atoms with E-state index in [-0.39, 0.29) is 11.8 Å². The number of hydrogen-bond donors (Lipinski definition) is 1. The predicted molar refractivity (Wildman–Crippen MR) is 73.9 cm³/mol. The van der Waals surface area contributed by atoms with E-state index in [4.69, 9.17) is 11.6 Å². The van der Waals surface area contributed by atoms with E-state index in [1.54, 1.807) is 12.1 Å². The molecule has 0 bridgehead atoms. The number of hydrogen-bond acceptors (Lipinski definition) is 2. The summed E-state index contributed by atoms with van der Waals surface area (Å²) in [5.41, 5.74) is 0.887. The molecule has 0 heterocycles. The summed E-state index contributed by atoms with van der Waals surface area (Å²) in [7, 11) is 0. The highest BCUT2D eigenvalue weighted by Gasteiger charge is 2.30. The SMILES string of the molecule is CC(C)CC(CCl)NCc1ccc(OC(F)(F)F)cc1. The Morgan fingerprint density at radius 2 is 1.80 bits per heavy atom. The van der Waals surface area contributed by atoms with Crippen LogP contribution < -0.4 is 10.1 Å². The molecule has 114 valence electrons. The maximum Gasteiger partial charge on any atom is 0.573 e. The Morgan fingerprint density at radius 1 is 1.20 bits per heavy atom. The van der Waals surface area contributed by atoms with E-state index in [1.807, 2.05) is 0 Å². The second-order valence-electron chi connectivity index (χ2n) is 5.05. The van der Waals surface area contributed by atoms with Gasteiger partial charge in [-0.25, -0.2) is 0 Å². The Labute approximate surface area is 122 Å². The number of benzene rings is 1.